The topological polar surface area (TPSA) is 114 Å². The SMILES string of the molecule is N#Cc1nn(-c2cc(Cl)c(Oc3ccc4nc(C(F)(F)F)cc(Cl)c4c3)c(Cl)c2)c(=O)[nH]c1=O. The number of hydrogen-bond acceptors (Lipinski definition) is 6. The van der Waals surface area contributed by atoms with E-state index in [1.165, 1.54) is 30.3 Å². The number of aromatic amines is 1. The second-order valence-electron chi connectivity index (χ2n) is 6.64. The van der Waals surface area contributed by atoms with Gasteiger partial charge in [-0.1, -0.05) is 34.8 Å². The third kappa shape index (κ3) is 4.43. The predicted molar refractivity (Wildman–Crippen MR) is 117 cm³/mol. The first-order chi connectivity index (χ1) is 16.0. The van der Waals surface area contributed by atoms with Gasteiger partial charge in [-0.05, 0) is 36.4 Å². The molecule has 0 unspecified atom stereocenters. The number of nitrogens with zero attached hydrogens (tertiary/aromatic N) is 4. The van der Waals surface area contributed by atoms with Gasteiger partial charge in [-0.2, -0.15) is 23.1 Å². The van der Waals surface area contributed by atoms with E-state index in [0.29, 0.717) is 6.07 Å². The number of nitriles is 1. The lowest BCUT2D eigenvalue weighted by molar-refractivity contribution is -0.140. The van der Waals surface area contributed by atoms with Crippen LogP contribution in [0.2, 0.25) is 15.1 Å². The second-order valence-corrected chi connectivity index (χ2v) is 7.86. The largest absolute Gasteiger partial charge is 0.454 e. The molecule has 172 valence electrons. The van der Waals surface area contributed by atoms with Crippen molar-refractivity contribution >= 4 is 45.7 Å². The fourth-order valence-corrected chi connectivity index (χ4v) is 3.71. The van der Waals surface area contributed by atoms with Crippen molar-refractivity contribution in [3.8, 4) is 23.3 Å². The fraction of sp³-hybridized carbons (Fsp3) is 0.0500. The summed E-state index contributed by atoms with van der Waals surface area (Å²) in [5.41, 5.74) is -3.54. The molecule has 0 aliphatic rings. The number of H-pyrrole nitrogens is 1. The fourth-order valence-electron chi connectivity index (χ4n) is 2.90. The first-order valence-electron chi connectivity index (χ1n) is 8.96. The summed E-state index contributed by atoms with van der Waals surface area (Å²) in [5, 5.41) is 12.5. The van der Waals surface area contributed by atoms with Gasteiger partial charge in [0.1, 0.15) is 17.5 Å². The van der Waals surface area contributed by atoms with Gasteiger partial charge in [-0.15, -0.1) is 5.10 Å². The Hall–Kier alpha value is -3.59. The number of ether oxygens (including phenoxy) is 1. The van der Waals surface area contributed by atoms with Gasteiger partial charge in [0.05, 0.1) is 26.3 Å². The van der Waals surface area contributed by atoms with Crippen LogP contribution in [0.3, 0.4) is 0 Å². The number of pyridine rings is 1. The predicted octanol–water partition coefficient (Wildman–Crippen LogP) is 5.11. The number of fused-ring (bicyclic) bond motifs is 1. The number of hydrogen-bond donors (Lipinski definition) is 1. The molecule has 0 atom stereocenters. The maximum atomic E-state index is 13.0. The highest BCUT2D eigenvalue weighted by Gasteiger charge is 2.33. The van der Waals surface area contributed by atoms with Crippen LogP contribution >= 0.6 is 34.8 Å². The van der Waals surface area contributed by atoms with E-state index in [1.807, 2.05) is 4.98 Å². The van der Waals surface area contributed by atoms with Crippen molar-refractivity contribution < 1.29 is 17.9 Å². The molecule has 8 nitrogen and oxygen atoms in total. The quantitative estimate of drug-likeness (QED) is 0.395. The molecule has 34 heavy (non-hydrogen) atoms. The van der Waals surface area contributed by atoms with Crippen molar-refractivity contribution in [1.82, 2.24) is 19.7 Å². The molecule has 2 aromatic carbocycles. The van der Waals surface area contributed by atoms with Gasteiger partial charge in [0.15, 0.2) is 5.75 Å². The highest BCUT2D eigenvalue weighted by molar-refractivity contribution is 6.37. The summed E-state index contributed by atoms with van der Waals surface area (Å²) >= 11 is 18.5. The van der Waals surface area contributed by atoms with Crippen molar-refractivity contribution in [3.05, 3.63) is 83.7 Å². The Morgan fingerprint density at radius 2 is 1.71 bits per heavy atom. The third-order valence-corrected chi connectivity index (χ3v) is 5.28. The maximum absolute atomic E-state index is 13.0. The van der Waals surface area contributed by atoms with Crippen molar-refractivity contribution in [2.75, 3.05) is 0 Å². The third-order valence-electron chi connectivity index (χ3n) is 4.40. The summed E-state index contributed by atoms with van der Waals surface area (Å²) in [6.45, 7) is 0. The van der Waals surface area contributed by atoms with Crippen molar-refractivity contribution in [1.29, 1.82) is 5.26 Å². The van der Waals surface area contributed by atoms with Crippen LogP contribution < -0.4 is 16.0 Å². The Labute approximate surface area is 201 Å². The van der Waals surface area contributed by atoms with Gasteiger partial charge < -0.3 is 4.74 Å². The molecule has 0 fully saturated rings. The van der Waals surface area contributed by atoms with Crippen molar-refractivity contribution in [2.24, 2.45) is 0 Å². The molecule has 0 aliphatic heterocycles. The molecule has 0 bridgehead atoms. The minimum Gasteiger partial charge on any atom is -0.454 e. The van der Waals surface area contributed by atoms with E-state index in [9.17, 15) is 22.8 Å². The van der Waals surface area contributed by atoms with Crippen LogP contribution in [0.5, 0.6) is 11.5 Å². The Morgan fingerprint density at radius 1 is 1.03 bits per heavy atom. The minimum atomic E-state index is -4.66. The molecule has 0 aliphatic carbocycles. The number of benzene rings is 2. The summed E-state index contributed by atoms with van der Waals surface area (Å²) < 4.78 is 45.3. The highest BCUT2D eigenvalue weighted by Crippen LogP contribution is 2.40. The standard InChI is InChI=1S/C20H7Cl3F3N5O3/c21-11-6-16(20(24,25)26)28-14-2-1-9(5-10(11)14)34-17-12(22)3-8(4-13(17)23)31-19(33)29-18(32)15(7-27)30-31/h1-6H,(H,29,32,33). The van der Waals surface area contributed by atoms with E-state index < -0.39 is 28.8 Å². The van der Waals surface area contributed by atoms with Crippen molar-refractivity contribution in [2.45, 2.75) is 6.18 Å². The summed E-state index contributed by atoms with van der Waals surface area (Å²) in [6.07, 6.45) is -4.66. The molecule has 1 N–H and O–H groups in total. The van der Waals surface area contributed by atoms with Crippen molar-refractivity contribution in [3.63, 3.8) is 0 Å². The van der Waals surface area contributed by atoms with Gasteiger partial charge in [-0.3, -0.25) is 9.78 Å². The van der Waals surface area contributed by atoms with Gasteiger partial charge in [0.25, 0.3) is 5.56 Å². The van der Waals surface area contributed by atoms with Crippen LogP contribution in [0, 0.1) is 11.3 Å². The van der Waals surface area contributed by atoms with E-state index in [1.54, 1.807) is 6.07 Å². The summed E-state index contributed by atoms with van der Waals surface area (Å²) in [4.78, 5) is 29.1. The zero-order chi connectivity index (χ0) is 24.8. The Morgan fingerprint density at radius 3 is 2.32 bits per heavy atom. The Balaban J connectivity index is 1.73. The summed E-state index contributed by atoms with van der Waals surface area (Å²) in [7, 11) is 0. The zero-order valence-corrected chi connectivity index (χ0v) is 18.5. The van der Waals surface area contributed by atoms with E-state index >= 15 is 0 Å². The normalized spacial score (nSPS) is 11.4. The molecule has 0 radical (unpaired) electrons. The summed E-state index contributed by atoms with van der Waals surface area (Å²) in [6, 6.07) is 8.75. The molecule has 0 spiro atoms. The van der Waals surface area contributed by atoms with Crippen LogP contribution in [-0.2, 0) is 6.18 Å². The molecule has 0 saturated heterocycles. The van der Waals surface area contributed by atoms with Crippen LogP contribution in [0.1, 0.15) is 11.4 Å². The van der Waals surface area contributed by atoms with Gasteiger partial charge in [0, 0.05) is 5.39 Å². The Kier molecular flexibility index (Phi) is 5.99. The first kappa shape index (κ1) is 23.6. The van der Waals surface area contributed by atoms with E-state index in [2.05, 4.69) is 10.1 Å². The second kappa shape index (κ2) is 8.64. The summed E-state index contributed by atoms with van der Waals surface area (Å²) in [5.74, 6) is 0.0963. The van der Waals surface area contributed by atoms with Gasteiger partial charge >= 0.3 is 11.9 Å². The molecular formula is C20H7Cl3F3N5O3. The van der Waals surface area contributed by atoms with E-state index in [0.717, 1.165) is 4.68 Å². The molecule has 2 aromatic heterocycles. The zero-order valence-electron chi connectivity index (χ0n) is 16.2. The van der Waals surface area contributed by atoms with Crippen LogP contribution in [0.25, 0.3) is 16.6 Å². The monoisotopic (exact) mass is 527 g/mol. The number of aromatic nitrogens is 4. The molecule has 0 saturated carbocycles. The van der Waals surface area contributed by atoms with E-state index in [4.69, 9.17) is 44.8 Å². The average Bonchev–Trinajstić information content (AvgIpc) is 2.76. The lowest BCUT2D eigenvalue weighted by atomic mass is 10.2. The molecule has 0 amide bonds. The lowest BCUT2D eigenvalue weighted by Crippen LogP contribution is -2.33. The molecule has 14 heteroatoms. The van der Waals surface area contributed by atoms with E-state index in [-0.39, 0.29) is 43.2 Å². The van der Waals surface area contributed by atoms with Crippen LogP contribution in [0.15, 0.2) is 46.0 Å². The van der Waals surface area contributed by atoms with Gasteiger partial charge in [-0.25, -0.2) is 9.78 Å². The number of alkyl halides is 3. The van der Waals surface area contributed by atoms with Crippen LogP contribution in [0.4, 0.5) is 13.2 Å². The molecular weight excluding hydrogens is 522 g/mol. The smallest absolute Gasteiger partial charge is 0.433 e. The molecule has 4 rings (SSSR count). The lowest BCUT2D eigenvalue weighted by Gasteiger charge is -2.13. The molecule has 2 heterocycles. The van der Waals surface area contributed by atoms with Crippen LogP contribution in [-0.4, -0.2) is 19.7 Å². The number of halogens is 6. The number of rotatable bonds is 3. The maximum Gasteiger partial charge on any atom is 0.433 e. The highest BCUT2D eigenvalue weighted by atomic mass is 35.5. The number of nitrogens with one attached hydrogen (secondary N) is 1. The van der Waals surface area contributed by atoms with Gasteiger partial charge in [0.2, 0.25) is 5.69 Å². The minimum absolute atomic E-state index is 0.00321. The Bertz CT molecular complexity index is 1600. The molecule has 4 aromatic rings. The first-order valence-corrected chi connectivity index (χ1v) is 10.1. The average molecular weight is 529 g/mol.